The zero-order valence-corrected chi connectivity index (χ0v) is 20.1. The fourth-order valence-electron chi connectivity index (χ4n) is 3.94. The highest BCUT2D eigenvalue weighted by molar-refractivity contribution is 7.15. The molecule has 9 nitrogen and oxygen atoms in total. The molecule has 182 valence electrons. The van der Waals surface area contributed by atoms with Crippen molar-refractivity contribution < 1.29 is 13.9 Å². The Balaban J connectivity index is 1.27. The molecule has 0 unspecified atom stereocenters. The molecule has 1 aliphatic heterocycles. The van der Waals surface area contributed by atoms with Gasteiger partial charge in [0.25, 0.3) is 5.91 Å². The molecule has 0 aliphatic carbocycles. The van der Waals surface area contributed by atoms with Crippen molar-refractivity contribution >= 4 is 22.9 Å². The van der Waals surface area contributed by atoms with Gasteiger partial charge in [-0.25, -0.2) is 14.4 Å². The van der Waals surface area contributed by atoms with E-state index in [1.54, 1.807) is 25.4 Å². The van der Waals surface area contributed by atoms with Crippen molar-refractivity contribution in [2.45, 2.75) is 26.3 Å². The highest BCUT2D eigenvalue weighted by atomic mass is 32.1. The summed E-state index contributed by atoms with van der Waals surface area (Å²) in [7, 11) is 0. The summed E-state index contributed by atoms with van der Waals surface area (Å²) in [5.41, 5.74) is 6.62. The number of anilines is 1. The second-order valence-electron chi connectivity index (χ2n) is 8.22. The summed E-state index contributed by atoms with van der Waals surface area (Å²) in [5.74, 6) is -0.296. The van der Waals surface area contributed by atoms with Crippen LogP contribution in [0.4, 0.5) is 10.1 Å². The molecule has 0 spiro atoms. The molecule has 3 aromatic rings. The summed E-state index contributed by atoms with van der Waals surface area (Å²) in [6.45, 7) is 5.15. The first-order chi connectivity index (χ1) is 17.0. The van der Waals surface area contributed by atoms with Crippen LogP contribution in [-0.4, -0.2) is 52.0 Å². The smallest absolute Gasteiger partial charge is 0.270 e. The van der Waals surface area contributed by atoms with Gasteiger partial charge in [0.15, 0.2) is 5.82 Å². The minimum absolute atomic E-state index is 0.0745. The summed E-state index contributed by atoms with van der Waals surface area (Å²) in [6.07, 6.45) is 5.22. The number of amides is 1. The van der Waals surface area contributed by atoms with Crippen molar-refractivity contribution in [1.29, 1.82) is 5.26 Å². The lowest BCUT2D eigenvalue weighted by molar-refractivity contribution is 0.0929. The Labute approximate surface area is 206 Å². The van der Waals surface area contributed by atoms with Crippen LogP contribution in [0.15, 0.2) is 30.6 Å². The molecule has 35 heavy (non-hydrogen) atoms. The minimum atomic E-state index is -0.371. The monoisotopic (exact) mass is 495 g/mol. The van der Waals surface area contributed by atoms with Crippen LogP contribution < -0.4 is 15.8 Å². The third kappa shape index (κ3) is 5.90. The van der Waals surface area contributed by atoms with Gasteiger partial charge in [-0.15, -0.1) is 11.3 Å². The van der Waals surface area contributed by atoms with E-state index < -0.39 is 0 Å². The van der Waals surface area contributed by atoms with Crippen LogP contribution in [0.5, 0.6) is 5.88 Å². The van der Waals surface area contributed by atoms with Crippen molar-refractivity contribution in [1.82, 2.24) is 25.2 Å². The number of nitrogens with two attached hydrogens (primary N) is 1. The number of nitriles is 1. The molecule has 0 saturated carbocycles. The Morgan fingerprint density at radius 2 is 2.20 bits per heavy atom. The number of ether oxygens (including phenoxy) is 1. The molecular formula is C24H26FN7O2S. The van der Waals surface area contributed by atoms with Crippen molar-refractivity contribution in [2.75, 3.05) is 32.0 Å². The number of halogens is 1. The van der Waals surface area contributed by atoms with Gasteiger partial charge in [0.1, 0.15) is 28.0 Å². The second kappa shape index (κ2) is 11.2. The number of nitrogens with zero attached hydrogens (tertiary/aromatic N) is 5. The van der Waals surface area contributed by atoms with E-state index in [0.717, 1.165) is 37.4 Å². The van der Waals surface area contributed by atoms with E-state index in [1.165, 1.54) is 23.5 Å². The first-order valence-corrected chi connectivity index (χ1v) is 12.2. The predicted octanol–water partition coefficient (Wildman–Crippen LogP) is 3.23. The van der Waals surface area contributed by atoms with Crippen LogP contribution in [0.3, 0.4) is 0 Å². The standard InChI is InChI=1S/C24H26FN7O2S/c1-2-34-23-17(11-26)19(27)10-20(31-23)22(33)29-12-15-5-8-32(9-6-15)14-16-13-30-24(35-16)21-18(25)4-3-7-28-21/h3-4,7,10,13,15H,2,5-6,8-9,12,14H2,1H3,(H2,27,31)(H,29,33). The van der Waals surface area contributed by atoms with Gasteiger partial charge in [-0.05, 0) is 57.0 Å². The summed E-state index contributed by atoms with van der Waals surface area (Å²) < 4.78 is 19.3. The number of carbonyl (C=O) groups excluding carboxylic acids is 1. The number of pyridine rings is 2. The number of hydrogen-bond acceptors (Lipinski definition) is 9. The molecule has 0 aromatic carbocycles. The van der Waals surface area contributed by atoms with E-state index in [4.69, 9.17) is 10.5 Å². The number of nitrogen functional groups attached to an aromatic ring is 1. The Hall–Kier alpha value is -3.62. The van der Waals surface area contributed by atoms with E-state index in [1.807, 2.05) is 6.07 Å². The van der Waals surface area contributed by atoms with Crippen LogP contribution >= 0.6 is 11.3 Å². The predicted molar refractivity (Wildman–Crippen MR) is 130 cm³/mol. The van der Waals surface area contributed by atoms with Gasteiger partial charge in [-0.1, -0.05) is 0 Å². The van der Waals surface area contributed by atoms with Crippen molar-refractivity contribution in [2.24, 2.45) is 5.92 Å². The lowest BCUT2D eigenvalue weighted by Crippen LogP contribution is -2.38. The van der Waals surface area contributed by atoms with Crippen LogP contribution in [-0.2, 0) is 6.54 Å². The van der Waals surface area contributed by atoms with Gasteiger partial charge >= 0.3 is 0 Å². The first-order valence-electron chi connectivity index (χ1n) is 11.4. The van der Waals surface area contributed by atoms with E-state index in [2.05, 4.69) is 25.2 Å². The first kappa shape index (κ1) is 24.5. The minimum Gasteiger partial charge on any atom is -0.477 e. The third-order valence-corrected chi connectivity index (χ3v) is 6.78. The molecule has 0 atom stereocenters. The zero-order chi connectivity index (χ0) is 24.8. The van der Waals surface area contributed by atoms with Crippen LogP contribution in [0.2, 0.25) is 0 Å². The van der Waals surface area contributed by atoms with Gasteiger partial charge in [-0.3, -0.25) is 14.7 Å². The molecule has 11 heteroatoms. The SMILES string of the molecule is CCOc1nc(C(=O)NCC2CCN(Cc3cnc(-c4ncccc4F)s3)CC2)cc(N)c1C#N. The number of thiazole rings is 1. The van der Waals surface area contributed by atoms with Crippen LogP contribution in [0, 0.1) is 23.1 Å². The average Bonchev–Trinajstić information content (AvgIpc) is 3.32. The number of piperidine rings is 1. The topological polar surface area (TPSA) is 130 Å². The molecule has 1 amide bonds. The largest absolute Gasteiger partial charge is 0.477 e. The van der Waals surface area contributed by atoms with Gasteiger partial charge in [-0.2, -0.15) is 5.26 Å². The van der Waals surface area contributed by atoms with E-state index >= 15 is 0 Å². The number of aromatic nitrogens is 3. The molecule has 4 heterocycles. The summed E-state index contributed by atoms with van der Waals surface area (Å²) in [4.78, 5) is 28.6. The molecule has 1 fully saturated rings. The van der Waals surface area contributed by atoms with Crippen LogP contribution in [0.25, 0.3) is 10.7 Å². The van der Waals surface area contributed by atoms with Crippen molar-refractivity contribution in [3.8, 4) is 22.7 Å². The van der Waals surface area contributed by atoms with E-state index in [9.17, 15) is 14.4 Å². The van der Waals surface area contributed by atoms with Crippen molar-refractivity contribution in [3.05, 3.63) is 52.5 Å². The molecule has 0 bridgehead atoms. The fourth-order valence-corrected chi connectivity index (χ4v) is 4.89. The number of nitrogens with one attached hydrogen (secondary N) is 1. The summed E-state index contributed by atoms with van der Waals surface area (Å²) >= 11 is 1.45. The molecule has 1 saturated heterocycles. The molecule has 3 aromatic heterocycles. The highest BCUT2D eigenvalue weighted by Gasteiger charge is 2.22. The van der Waals surface area contributed by atoms with Gasteiger partial charge < -0.3 is 15.8 Å². The molecular weight excluding hydrogens is 469 g/mol. The van der Waals surface area contributed by atoms with Gasteiger partial charge in [0.2, 0.25) is 5.88 Å². The Morgan fingerprint density at radius 3 is 2.91 bits per heavy atom. The fraction of sp³-hybridized carbons (Fsp3) is 0.375. The second-order valence-corrected chi connectivity index (χ2v) is 9.33. The summed E-state index contributed by atoms with van der Waals surface area (Å²) in [6, 6.07) is 6.31. The number of rotatable bonds is 8. The van der Waals surface area contributed by atoms with Gasteiger partial charge in [0, 0.05) is 30.4 Å². The maximum atomic E-state index is 14.0. The van der Waals surface area contributed by atoms with E-state index in [-0.39, 0.29) is 40.2 Å². The lowest BCUT2D eigenvalue weighted by atomic mass is 9.96. The average molecular weight is 496 g/mol. The zero-order valence-electron chi connectivity index (χ0n) is 19.3. The maximum absolute atomic E-state index is 14.0. The number of carbonyl (C=O) groups is 1. The Morgan fingerprint density at radius 1 is 1.40 bits per heavy atom. The van der Waals surface area contributed by atoms with Gasteiger partial charge in [0.05, 0.1) is 12.3 Å². The number of likely N-dealkylation sites (tertiary alicyclic amines) is 1. The molecule has 4 rings (SSSR count). The van der Waals surface area contributed by atoms with Crippen molar-refractivity contribution in [3.63, 3.8) is 0 Å². The van der Waals surface area contributed by atoms with E-state index in [0.29, 0.717) is 24.1 Å². The van der Waals surface area contributed by atoms with Crippen LogP contribution in [0.1, 0.15) is 40.7 Å². The summed E-state index contributed by atoms with van der Waals surface area (Å²) in [5, 5.41) is 12.7. The normalized spacial score (nSPS) is 14.4. The molecule has 3 N–H and O–H groups in total. The molecule has 1 aliphatic rings. The maximum Gasteiger partial charge on any atom is 0.270 e. The quantitative estimate of drug-likeness (QED) is 0.487. The lowest BCUT2D eigenvalue weighted by Gasteiger charge is -2.31. The highest BCUT2D eigenvalue weighted by Crippen LogP contribution is 2.28. The number of hydrogen-bond donors (Lipinski definition) is 2. The Kier molecular flexibility index (Phi) is 7.84. The Bertz CT molecular complexity index is 1230. The molecule has 0 radical (unpaired) electrons. The third-order valence-electron chi connectivity index (χ3n) is 5.79.